The average molecular weight is 289 g/mol. The van der Waals surface area contributed by atoms with Crippen molar-refractivity contribution in [1.82, 2.24) is 4.90 Å². The average Bonchev–Trinajstić information content (AvgIpc) is 3.12. The number of aryl methyl sites for hydroxylation is 1. The first kappa shape index (κ1) is 13.3. The number of amides is 1. The van der Waals surface area contributed by atoms with Crippen molar-refractivity contribution < 1.29 is 9.18 Å². The third-order valence-corrected chi connectivity index (χ3v) is 4.43. The van der Waals surface area contributed by atoms with Crippen LogP contribution in [-0.4, -0.2) is 16.8 Å². The second-order valence-electron chi connectivity index (χ2n) is 5.20. The second-order valence-corrected chi connectivity index (χ2v) is 6.24. The van der Waals surface area contributed by atoms with Crippen LogP contribution < -0.4 is 0 Å². The molecule has 3 rings (SSSR count). The number of carbonyl (C=O) groups is 1. The summed E-state index contributed by atoms with van der Waals surface area (Å²) >= 11 is 1.66. The van der Waals surface area contributed by atoms with Crippen LogP contribution >= 0.6 is 11.3 Å². The van der Waals surface area contributed by atoms with Crippen molar-refractivity contribution in [1.29, 1.82) is 0 Å². The van der Waals surface area contributed by atoms with Gasteiger partial charge in [-0.3, -0.25) is 4.79 Å². The van der Waals surface area contributed by atoms with E-state index < -0.39 is 0 Å². The molecule has 1 aromatic heterocycles. The van der Waals surface area contributed by atoms with Gasteiger partial charge in [0.05, 0.1) is 6.54 Å². The lowest BCUT2D eigenvalue weighted by atomic mass is 10.1. The summed E-state index contributed by atoms with van der Waals surface area (Å²) in [7, 11) is 0. The van der Waals surface area contributed by atoms with Crippen LogP contribution in [0.25, 0.3) is 0 Å². The van der Waals surface area contributed by atoms with Crippen LogP contribution in [0.4, 0.5) is 4.39 Å². The summed E-state index contributed by atoms with van der Waals surface area (Å²) in [4.78, 5) is 15.8. The minimum Gasteiger partial charge on any atom is -0.331 e. The summed E-state index contributed by atoms with van der Waals surface area (Å²) in [6.45, 7) is 2.44. The third-order valence-electron chi connectivity index (χ3n) is 3.57. The molecule has 1 heterocycles. The molecule has 4 heteroatoms. The highest BCUT2D eigenvalue weighted by Gasteiger charge is 2.33. The number of carbonyl (C=O) groups excluding carboxylic acids is 1. The van der Waals surface area contributed by atoms with E-state index in [0.29, 0.717) is 23.7 Å². The standard InChI is InChI=1S/C16H16FNOS/c1-11-9-12(17)4-7-15(11)16(19)18(13-5-6-13)10-14-3-2-8-20-14/h2-4,7-9,13H,5-6,10H2,1H3. The van der Waals surface area contributed by atoms with E-state index in [9.17, 15) is 9.18 Å². The van der Waals surface area contributed by atoms with E-state index in [2.05, 4.69) is 0 Å². The minimum absolute atomic E-state index is 0.0124. The van der Waals surface area contributed by atoms with Gasteiger partial charge < -0.3 is 4.90 Å². The van der Waals surface area contributed by atoms with Crippen LogP contribution in [0.5, 0.6) is 0 Å². The zero-order chi connectivity index (χ0) is 14.1. The van der Waals surface area contributed by atoms with Crippen molar-refractivity contribution in [3.63, 3.8) is 0 Å². The predicted octanol–water partition coefficient (Wildman–Crippen LogP) is 4.00. The van der Waals surface area contributed by atoms with E-state index >= 15 is 0 Å². The molecule has 0 aliphatic heterocycles. The molecule has 2 aromatic rings. The molecule has 2 nitrogen and oxygen atoms in total. The molecule has 0 unspecified atom stereocenters. The quantitative estimate of drug-likeness (QED) is 0.833. The van der Waals surface area contributed by atoms with Gasteiger partial charge >= 0.3 is 0 Å². The van der Waals surface area contributed by atoms with Crippen LogP contribution in [0.1, 0.15) is 33.6 Å². The Hall–Kier alpha value is -1.68. The number of hydrogen-bond acceptors (Lipinski definition) is 2. The molecule has 1 fully saturated rings. The van der Waals surface area contributed by atoms with Gasteiger partial charge in [0.15, 0.2) is 0 Å². The van der Waals surface area contributed by atoms with Gasteiger partial charge in [0.25, 0.3) is 5.91 Å². The molecule has 1 amide bonds. The topological polar surface area (TPSA) is 20.3 Å². The fourth-order valence-corrected chi connectivity index (χ4v) is 3.05. The second kappa shape index (κ2) is 5.37. The molecule has 1 aliphatic rings. The maximum absolute atomic E-state index is 13.2. The van der Waals surface area contributed by atoms with Crippen molar-refractivity contribution in [2.75, 3.05) is 0 Å². The Balaban J connectivity index is 1.85. The minimum atomic E-state index is -0.296. The maximum atomic E-state index is 13.2. The van der Waals surface area contributed by atoms with Gasteiger partial charge in [-0.2, -0.15) is 0 Å². The van der Waals surface area contributed by atoms with Crippen molar-refractivity contribution in [3.8, 4) is 0 Å². The first-order valence-electron chi connectivity index (χ1n) is 6.74. The fraction of sp³-hybridized carbons (Fsp3) is 0.312. The zero-order valence-electron chi connectivity index (χ0n) is 11.3. The van der Waals surface area contributed by atoms with E-state index in [1.54, 1.807) is 24.3 Å². The zero-order valence-corrected chi connectivity index (χ0v) is 12.1. The highest BCUT2D eigenvalue weighted by molar-refractivity contribution is 7.09. The summed E-state index contributed by atoms with van der Waals surface area (Å²) in [5.41, 5.74) is 1.31. The maximum Gasteiger partial charge on any atom is 0.254 e. The lowest BCUT2D eigenvalue weighted by Gasteiger charge is -2.22. The normalized spacial score (nSPS) is 14.3. The molecule has 0 spiro atoms. The van der Waals surface area contributed by atoms with Crippen LogP contribution in [0.3, 0.4) is 0 Å². The van der Waals surface area contributed by atoms with Crippen LogP contribution in [0.15, 0.2) is 35.7 Å². The Bertz CT molecular complexity index is 619. The lowest BCUT2D eigenvalue weighted by Crippen LogP contribution is -2.32. The first-order valence-corrected chi connectivity index (χ1v) is 7.62. The number of rotatable bonds is 4. The molecule has 1 aromatic carbocycles. The predicted molar refractivity (Wildman–Crippen MR) is 78.4 cm³/mol. The summed E-state index contributed by atoms with van der Waals surface area (Å²) in [6.07, 6.45) is 2.13. The smallest absolute Gasteiger partial charge is 0.254 e. The van der Waals surface area contributed by atoms with E-state index in [1.807, 2.05) is 22.4 Å². The van der Waals surface area contributed by atoms with E-state index in [-0.39, 0.29) is 11.7 Å². The summed E-state index contributed by atoms with van der Waals surface area (Å²) in [6, 6.07) is 8.76. The molecule has 0 saturated heterocycles. The highest BCUT2D eigenvalue weighted by atomic mass is 32.1. The van der Waals surface area contributed by atoms with Gasteiger partial charge in [-0.15, -0.1) is 11.3 Å². The number of thiophene rings is 1. The summed E-state index contributed by atoms with van der Waals surface area (Å²) in [5.74, 6) is -0.284. The van der Waals surface area contributed by atoms with E-state index in [1.165, 1.54) is 17.0 Å². The van der Waals surface area contributed by atoms with E-state index in [0.717, 1.165) is 12.8 Å². The molecule has 1 saturated carbocycles. The van der Waals surface area contributed by atoms with Crippen LogP contribution in [0.2, 0.25) is 0 Å². The first-order chi connectivity index (χ1) is 9.65. The van der Waals surface area contributed by atoms with Gasteiger partial charge in [0.2, 0.25) is 0 Å². The Labute approximate surface area is 121 Å². The van der Waals surface area contributed by atoms with Gasteiger partial charge in [0, 0.05) is 16.5 Å². The van der Waals surface area contributed by atoms with Gasteiger partial charge in [-0.05, 0) is 55.0 Å². The SMILES string of the molecule is Cc1cc(F)ccc1C(=O)N(Cc1cccs1)C1CC1. The van der Waals surface area contributed by atoms with Crippen LogP contribution in [-0.2, 0) is 6.54 Å². The Kier molecular flexibility index (Phi) is 3.57. The molecule has 1 aliphatic carbocycles. The molecular weight excluding hydrogens is 273 g/mol. The lowest BCUT2D eigenvalue weighted by molar-refractivity contribution is 0.0731. The molecule has 0 radical (unpaired) electrons. The number of nitrogens with zero attached hydrogens (tertiary/aromatic N) is 1. The Morgan fingerprint density at radius 1 is 1.40 bits per heavy atom. The monoisotopic (exact) mass is 289 g/mol. The number of halogens is 1. The molecule has 104 valence electrons. The fourth-order valence-electron chi connectivity index (χ4n) is 2.35. The number of benzene rings is 1. The highest BCUT2D eigenvalue weighted by Crippen LogP contribution is 2.31. The van der Waals surface area contributed by atoms with Gasteiger partial charge in [-0.25, -0.2) is 4.39 Å². The number of hydrogen-bond donors (Lipinski definition) is 0. The van der Waals surface area contributed by atoms with Crippen molar-refractivity contribution in [2.45, 2.75) is 32.4 Å². The summed E-state index contributed by atoms with van der Waals surface area (Å²) < 4.78 is 13.2. The van der Waals surface area contributed by atoms with E-state index in [4.69, 9.17) is 0 Å². The van der Waals surface area contributed by atoms with Crippen molar-refractivity contribution >= 4 is 17.2 Å². The van der Waals surface area contributed by atoms with Crippen molar-refractivity contribution in [2.24, 2.45) is 0 Å². The molecule has 0 N–H and O–H groups in total. The third kappa shape index (κ3) is 2.75. The van der Waals surface area contributed by atoms with Gasteiger partial charge in [-0.1, -0.05) is 6.07 Å². The molecule has 20 heavy (non-hydrogen) atoms. The van der Waals surface area contributed by atoms with Gasteiger partial charge in [0.1, 0.15) is 5.82 Å². The largest absolute Gasteiger partial charge is 0.331 e. The molecular formula is C16H16FNOS. The van der Waals surface area contributed by atoms with Crippen LogP contribution in [0, 0.1) is 12.7 Å². The Morgan fingerprint density at radius 2 is 2.20 bits per heavy atom. The Morgan fingerprint density at radius 3 is 2.80 bits per heavy atom. The van der Waals surface area contributed by atoms with Crippen molar-refractivity contribution in [3.05, 3.63) is 57.5 Å². The molecule has 0 bridgehead atoms. The summed E-state index contributed by atoms with van der Waals surface area (Å²) in [5, 5.41) is 2.02. The molecule has 0 atom stereocenters.